The Morgan fingerprint density at radius 1 is 1.06 bits per heavy atom. The van der Waals surface area contributed by atoms with Crippen molar-refractivity contribution < 1.29 is 4.74 Å². The molecule has 0 fully saturated rings. The summed E-state index contributed by atoms with van der Waals surface area (Å²) in [5, 5.41) is 5.06. The van der Waals surface area contributed by atoms with E-state index in [1.165, 1.54) is 10.2 Å². The average Bonchev–Trinajstić information content (AvgIpc) is 2.77. The van der Waals surface area contributed by atoms with E-state index >= 15 is 0 Å². The van der Waals surface area contributed by atoms with Crippen molar-refractivity contribution >= 4 is 33.0 Å². The van der Waals surface area contributed by atoms with Crippen LogP contribution in [0.1, 0.15) is 43.3 Å². The number of hydrogen-bond donors (Lipinski definition) is 0. The third-order valence-electron chi connectivity index (χ3n) is 5.15. The van der Waals surface area contributed by atoms with Gasteiger partial charge in [0.2, 0.25) is 0 Å². The minimum Gasteiger partial charge on any atom is -0.489 e. The highest BCUT2D eigenvalue weighted by Gasteiger charge is 2.22. The minimum absolute atomic E-state index is 0.200. The van der Waals surface area contributed by atoms with Gasteiger partial charge in [0.1, 0.15) is 18.2 Å². The van der Waals surface area contributed by atoms with Gasteiger partial charge in [0.25, 0.3) is 5.56 Å². The molecular formula is C27H26BrN3O2. The Kier molecular flexibility index (Phi) is 6.47. The second-order valence-corrected chi connectivity index (χ2v) is 9.97. The fourth-order valence-corrected chi connectivity index (χ4v) is 3.88. The summed E-state index contributed by atoms with van der Waals surface area (Å²) in [6.45, 7) is 8.61. The summed E-state index contributed by atoms with van der Waals surface area (Å²) in [7, 11) is 0. The molecular weight excluding hydrogens is 478 g/mol. The summed E-state index contributed by atoms with van der Waals surface area (Å²) in [6.07, 6.45) is 1.67. The van der Waals surface area contributed by atoms with Crippen molar-refractivity contribution in [2.24, 2.45) is 5.10 Å². The molecule has 3 aromatic carbocycles. The van der Waals surface area contributed by atoms with Gasteiger partial charge in [-0.05, 0) is 48.4 Å². The zero-order valence-electron chi connectivity index (χ0n) is 19.2. The van der Waals surface area contributed by atoms with Gasteiger partial charge in [0, 0.05) is 9.89 Å². The van der Waals surface area contributed by atoms with Crippen molar-refractivity contribution in [3.05, 3.63) is 104 Å². The SMILES string of the molecule is Cc1cccc(COc2cccc(C=Nn3c(C(C)(C)C)nc4ccc(Br)cc4c3=O)c2)c1. The molecule has 0 N–H and O–H groups in total. The van der Waals surface area contributed by atoms with E-state index in [-0.39, 0.29) is 11.0 Å². The molecule has 0 saturated carbocycles. The standard InChI is InChI=1S/C27H26BrN3O2/c1-18-7-5-9-20(13-18)17-33-22-10-6-8-19(14-22)16-29-31-25(32)23-15-21(28)11-12-24(23)30-26(31)27(2,3)4/h5-16H,17H2,1-4H3. The number of aromatic nitrogens is 2. The van der Waals surface area contributed by atoms with Gasteiger partial charge >= 0.3 is 0 Å². The lowest BCUT2D eigenvalue weighted by atomic mass is 9.95. The summed E-state index contributed by atoms with van der Waals surface area (Å²) < 4.78 is 8.19. The molecule has 33 heavy (non-hydrogen) atoms. The maximum Gasteiger partial charge on any atom is 0.282 e. The van der Waals surface area contributed by atoms with Crippen molar-refractivity contribution in [2.75, 3.05) is 0 Å². The Balaban J connectivity index is 1.66. The molecule has 0 spiro atoms. The van der Waals surface area contributed by atoms with Gasteiger partial charge in [0.05, 0.1) is 17.1 Å². The molecule has 1 heterocycles. The Bertz CT molecular complexity index is 1400. The number of halogens is 1. The van der Waals surface area contributed by atoms with Gasteiger partial charge in [-0.3, -0.25) is 4.79 Å². The maximum atomic E-state index is 13.3. The van der Waals surface area contributed by atoms with E-state index in [0.29, 0.717) is 23.3 Å². The van der Waals surface area contributed by atoms with Gasteiger partial charge in [-0.15, -0.1) is 0 Å². The zero-order chi connectivity index (χ0) is 23.6. The van der Waals surface area contributed by atoms with Crippen LogP contribution in [0.5, 0.6) is 5.75 Å². The van der Waals surface area contributed by atoms with Crippen LogP contribution in [0.4, 0.5) is 0 Å². The Hall–Kier alpha value is -3.25. The van der Waals surface area contributed by atoms with E-state index in [9.17, 15) is 4.79 Å². The van der Waals surface area contributed by atoms with Gasteiger partial charge in [-0.2, -0.15) is 9.78 Å². The molecule has 0 saturated heterocycles. The number of aryl methyl sites for hydroxylation is 1. The Morgan fingerprint density at radius 2 is 1.85 bits per heavy atom. The van der Waals surface area contributed by atoms with Gasteiger partial charge in [0.15, 0.2) is 0 Å². The zero-order valence-corrected chi connectivity index (χ0v) is 20.8. The summed E-state index contributed by atoms with van der Waals surface area (Å²) in [4.78, 5) is 18.0. The lowest BCUT2D eigenvalue weighted by Crippen LogP contribution is -2.29. The van der Waals surface area contributed by atoms with Crippen molar-refractivity contribution in [2.45, 2.75) is 39.7 Å². The number of fused-ring (bicyclic) bond motifs is 1. The van der Waals surface area contributed by atoms with Crippen molar-refractivity contribution in [3.8, 4) is 5.75 Å². The largest absolute Gasteiger partial charge is 0.489 e. The molecule has 4 aromatic rings. The smallest absolute Gasteiger partial charge is 0.282 e. The van der Waals surface area contributed by atoms with Gasteiger partial charge in [-0.1, -0.05) is 78.7 Å². The number of rotatable bonds is 5. The molecule has 0 bridgehead atoms. The van der Waals surface area contributed by atoms with E-state index in [1.807, 2.05) is 69.3 Å². The lowest BCUT2D eigenvalue weighted by molar-refractivity contribution is 0.306. The minimum atomic E-state index is -0.365. The molecule has 0 radical (unpaired) electrons. The predicted molar refractivity (Wildman–Crippen MR) is 137 cm³/mol. The fourth-order valence-electron chi connectivity index (χ4n) is 3.52. The second-order valence-electron chi connectivity index (χ2n) is 9.06. The number of nitrogens with zero attached hydrogens (tertiary/aromatic N) is 3. The van der Waals surface area contributed by atoms with E-state index in [0.717, 1.165) is 21.3 Å². The highest BCUT2D eigenvalue weighted by atomic mass is 79.9. The summed E-state index contributed by atoms with van der Waals surface area (Å²) in [5.74, 6) is 1.34. The lowest BCUT2D eigenvalue weighted by Gasteiger charge is -2.20. The number of benzene rings is 3. The highest BCUT2D eigenvalue weighted by Crippen LogP contribution is 2.23. The maximum absolute atomic E-state index is 13.3. The molecule has 0 unspecified atom stereocenters. The van der Waals surface area contributed by atoms with Crippen molar-refractivity contribution in [1.29, 1.82) is 0 Å². The van der Waals surface area contributed by atoms with Crippen LogP contribution in [-0.4, -0.2) is 15.9 Å². The average molecular weight is 504 g/mol. The van der Waals surface area contributed by atoms with Crippen LogP contribution in [0.15, 0.2) is 81.1 Å². The first-order valence-corrected chi connectivity index (χ1v) is 11.6. The van der Waals surface area contributed by atoms with Crippen LogP contribution in [0.3, 0.4) is 0 Å². The Labute approximate surface area is 201 Å². The molecule has 0 aliphatic carbocycles. The van der Waals surface area contributed by atoms with Gasteiger partial charge < -0.3 is 4.74 Å². The van der Waals surface area contributed by atoms with E-state index in [1.54, 1.807) is 12.3 Å². The predicted octanol–water partition coefficient (Wildman–Crippen LogP) is 6.23. The molecule has 0 aliphatic heterocycles. The molecule has 0 atom stereocenters. The quantitative estimate of drug-likeness (QED) is 0.303. The van der Waals surface area contributed by atoms with Crippen molar-refractivity contribution in [3.63, 3.8) is 0 Å². The van der Waals surface area contributed by atoms with Gasteiger partial charge in [-0.25, -0.2) is 4.98 Å². The van der Waals surface area contributed by atoms with Crippen LogP contribution in [-0.2, 0) is 12.0 Å². The number of ether oxygens (including phenoxy) is 1. The van der Waals surface area contributed by atoms with Crippen molar-refractivity contribution in [1.82, 2.24) is 9.66 Å². The number of hydrogen-bond acceptors (Lipinski definition) is 4. The van der Waals surface area contributed by atoms with Crippen LogP contribution in [0.25, 0.3) is 10.9 Å². The molecule has 4 rings (SSSR count). The first-order chi connectivity index (χ1) is 15.7. The summed E-state index contributed by atoms with van der Waals surface area (Å²) >= 11 is 3.44. The molecule has 168 valence electrons. The molecule has 0 aliphatic rings. The topological polar surface area (TPSA) is 56.5 Å². The molecule has 1 aromatic heterocycles. The normalized spacial score (nSPS) is 11.9. The van der Waals surface area contributed by atoms with Crippen LogP contribution >= 0.6 is 15.9 Å². The van der Waals surface area contributed by atoms with Crippen LogP contribution in [0, 0.1) is 6.92 Å². The molecule has 0 amide bonds. The summed E-state index contributed by atoms with van der Waals surface area (Å²) in [6, 6.07) is 21.4. The first-order valence-electron chi connectivity index (χ1n) is 10.8. The van der Waals surface area contributed by atoms with E-state index in [2.05, 4.69) is 40.1 Å². The first kappa shape index (κ1) is 22.9. The van der Waals surface area contributed by atoms with E-state index < -0.39 is 0 Å². The molecule has 6 heteroatoms. The Morgan fingerprint density at radius 3 is 2.61 bits per heavy atom. The van der Waals surface area contributed by atoms with Crippen LogP contribution in [0.2, 0.25) is 0 Å². The fraction of sp³-hybridized carbons (Fsp3) is 0.222. The van der Waals surface area contributed by atoms with Crippen LogP contribution < -0.4 is 10.3 Å². The monoisotopic (exact) mass is 503 g/mol. The molecule has 5 nitrogen and oxygen atoms in total. The summed E-state index contributed by atoms with van der Waals surface area (Å²) in [5.41, 5.74) is 3.24. The third kappa shape index (κ3) is 5.40. The van der Waals surface area contributed by atoms with E-state index in [4.69, 9.17) is 9.72 Å². The highest BCUT2D eigenvalue weighted by molar-refractivity contribution is 9.10. The second kappa shape index (κ2) is 9.32. The third-order valence-corrected chi connectivity index (χ3v) is 5.64.